The standard InChI is InChI=1S/C23H29N3O4S/c1-16(2)20(13-14-31(3,28)29)25-22(27)19-15-24-21(17-9-7-8-10-17)26-23(19)30-18-11-5-4-6-12-18/h4-6,11-17,20H,7-10H2,1-3H3,(H,25,27)/b14-13+. The van der Waals surface area contributed by atoms with Crippen LogP contribution in [0.1, 0.15) is 61.6 Å². The Labute approximate surface area is 183 Å². The number of para-hydroxylation sites is 1. The van der Waals surface area contributed by atoms with Crippen LogP contribution >= 0.6 is 0 Å². The Morgan fingerprint density at radius 3 is 2.48 bits per heavy atom. The summed E-state index contributed by atoms with van der Waals surface area (Å²) in [5.41, 5.74) is 0.212. The Bertz CT molecular complexity index is 1030. The highest BCUT2D eigenvalue weighted by atomic mass is 32.2. The van der Waals surface area contributed by atoms with Crippen molar-refractivity contribution in [2.75, 3.05) is 6.26 Å². The van der Waals surface area contributed by atoms with Crippen LogP contribution in [-0.2, 0) is 9.84 Å². The Morgan fingerprint density at radius 2 is 1.87 bits per heavy atom. The molecule has 0 radical (unpaired) electrons. The van der Waals surface area contributed by atoms with E-state index in [2.05, 4.69) is 15.3 Å². The minimum Gasteiger partial charge on any atom is -0.438 e. The molecule has 1 amide bonds. The first-order valence-electron chi connectivity index (χ1n) is 10.5. The summed E-state index contributed by atoms with van der Waals surface area (Å²) in [7, 11) is -3.30. The van der Waals surface area contributed by atoms with E-state index in [1.54, 1.807) is 12.1 Å². The summed E-state index contributed by atoms with van der Waals surface area (Å²) in [5, 5.41) is 3.98. The predicted molar refractivity (Wildman–Crippen MR) is 120 cm³/mol. The summed E-state index contributed by atoms with van der Waals surface area (Å²) >= 11 is 0. The molecule has 2 aromatic rings. The molecule has 1 N–H and O–H groups in total. The monoisotopic (exact) mass is 443 g/mol. The van der Waals surface area contributed by atoms with Crippen molar-refractivity contribution in [1.82, 2.24) is 15.3 Å². The zero-order chi connectivity index (χ0) is 22.4. The Kier molecular flexibility index (Phi) is 7.43. The molecule has 1 aliphatic rings. The molecular formula is C23H29N3O4S. The fourth-order valence-corrected chi connectivity index (χ4v) is 3.94. The number of aromatic nitrogens is 2. The van der Waals surface area contributed by atoms with Crippen LogP contribution in [0, 0.1) is 5.92 Å². The van der Waals surface area contributed by atoms with E-state index in [9.17, 15) is 13.2 Å². The smallest absolute Gasteiger partial charge is 0.258 e. The van der Waals surface area contributed by atoms with Crippen LogP contribution in [0.2, 0.25) is 0 Å². The molecule has 1 fully saturated rings. The number of carbonyl (C=O) groups excluding carboxylic acids is 1. The van der Waals surface area contributed by atoms with Crippen molar-refractivity contribution in [1.29, 1.82) is 0 Å². The molecular weight excluding hydrogens is 414 g/mol. The molecule has 3 rings (SSSR count). The molecule has 7 nitrogen and oxygen atoms in total. The van der Waals surface area contributed by atoms with Gasteiger partial charge in [0.05, 0.1) is 6.04 Å². The van der Waals surface area contributed by atoms with E-state index in [4.69, 9.17) is 4.74 Å². The fourth-order valence-electron chi connectivity index (χ4n) is 3.49. The van der Waals surface area contributed by atoms with Crippen molar-refractivity contribution >= 4 is 15.7 Å². The van der Waals surface area contributed by atoms with Crippen molar-refractivity contribution in [2.45, 2.75) is 51.5 Å². The van der Waals surface area contributed by atoms with E-state index in [1.165, 1.54) is 12.3 Å². The van der Waals surface area contributed by atoms with Gasteiger partial charge in [0.1, 0.15) is 17.1 Å². The van der Waals surface area contributed by atoms with Gasteiger partial charge in [-0.3, -0.25) is 4.79 Å². The number of nitrogens with zero attached hydrogens (tertiary/aromatic N) is 2. The normalized spacial score (nSPS) is 16.0. The average molecular weight is 444 g/mol. The first kappa shape index (κ1) is 22.9. The lowest BCUT2D eigenvalue weighted by atomic mass is 10.0. The average Bonchev–Trinajstić information content (AvgIpc) is 3.25. The first-order valence-corrected chi connectivity index (χ1v) is 12.5. The molecule has 0 bridgehead atoms. The zero-order valence-corrected chi connectivity index (χ0v) is 18.9. The summed E-state index contributed by atoms with van der Waals surface area (Å²) in [6, 6.07) is 8.69. The van der Waals surface area contributed by atoms with E-state index in [-0.39, 0.29) is 23.3 Å². The minimum atomic E-state index is -3.30. The molecule has 0 saturated heterocycles. The van der Waals surface area contributed by atoms with Gasteiger partial charge in [-0.2, -0.15) is 4.98 Å². The van der Waals surface area contributed by atoms with E-state index < -0.39 is 21.8 Å². The van der Waals surface area contributed by atoms with Crippen LogP contribution in [0.3, 0.4) is 0 Å². The molecule has 8 heteroatoms. The lowest BCUT2D eigenvalue weighted by molar-refractivity contribution is 0.0932. The number of nitrogens with one attached hydrogen (secondary N) is 1. The van der Waals surface area contributed by atoms with Gasteiger partial charge in [0, 0.05) is 23.8 Å². The second-order valence-corrected chi connectivity index (χ2v) is 10.2. The van der Waals surface area contributed by atoms with E-state index in [0.717, 1.165) is 37.3 Å². The molecule has 1 heterocycles. The summed E-state index contributed by atoms with van der Waals surface area (Å²) in [6.45, 7) is 3.80. The van der Waals surface area contributed by atoms with Gasteiger partial charge in [0.25, 0.3) is 5.91 Å². The maximum Gasteiger partial charge on any atom is 0.258 e. The summed E-state index contributed by atoms with van der Waals surface area (Å²) < 4.78 is 29.0. The largest absolute Gasteiger partial charge is 0.438 e. The highest BCUT2D eigenvalue weighted by Crippen LogP contribution is 2.34. The van der Waals surface area contributed by atoms with Crippen LogP contribution in [-0.4, -0.2) is 36.6 Å². The molecule has 1 saturated carbocycles. The van der Waals surface area contributed by atoms with Gasteiger partial charge < -0.3 is 10.1 Å². The Morgan fingerprint density at radius 1 is 1.19 bits per heavy atom. The van der Waals surface area contributed by atoms with Crippen molar-refractivity contribution in [3.63, 3.8) is 0 Å². The van der Waals surface area contributed by atoms with Crippen molar-refractivity contribution in [3.05, 3.63) is 59.4 Å². The van der Waals surface area contributed by atoms with Crippen molar-refractivity contribution in [3.8, 4) is 11.6 Å². The number of sulfone groups is 1. The Balaban J connectivity index is 1.90. The van der Waals surface area contributed by atoms with Gasteiger partial charge in [-0.1, -0.05) is 51.0 Å². The van der Waals surface area contributed by atoms with Gasteiger partial charge in [-0.05, 0) is 30.9 Å². The highest BCUT2D eigenvalue weighted by molar-refractivity contribution is 7.93. The van der Waals surface area contributed by atoms with Crippen LogP contribution in [0.5, 0.6) is 11.6 Å². The number of carbonyl (C=O) groups is 1. The quantitative estimate of drug-likeness (QED) is 0.655. The first-order chi connectivity index (χ1) is 14.7. The molecule has 1 aliphatic carbocycles. The second-order valence-electron chi connectivity index (χ2n) is 8.24. The second kappa shape index (κ2) is 10.0. The zero-order valence-electron chi connectivity index (χ0n) is 18.1. The van der Waals surface area contributed by atoms with Crippen molar-refractivity contribution in [2.24, 2.45) is 5.92 Å². The van der Waals surface area contributed by atoms with E-state index >= 15 is 0 Å². The fraction of sp³-hybridized carbons (Fsp3) is 0.435. The Hall–Kier alpha value is -2.74. The van der Waals surface area contributed by atoms with E-state index in [1.807, 2.05) is 32.0 Å². The summed E-state index contributed by atoms with van der Waals surface area (Å²) in [4.78, 5) is 22.1. The third-order valence-electron chi connectivity index (χ3n) is 5.24. The molecule has 1 unspecified atom stereocenters. The lowest BCUT2D eigenvalue weighted by Gasteiger charge is -2.20. The highest BCUT2D eigenvalue weighted by Gasteiger charge is 2.25. The van der Waals surface area contributed by atoms with Crippen LogP contribution in [0.15, 0.2) is 48.0 Å². The van der Waals surface area contributed by atoms with Crippen LogP contribution in [0.4, 0.5) is 0 Å². The van der Waals surface area contributed by atoms with E-state index in [0.29, 0.717) is 11.6 Å². The SMILES string of the molecule is CC(C)C(/C=C/S(C)(=O)=O)NC(=O)c1cnc(C2CCCC2)nc1Oc1ccccc1. The van der Waals surface area contributed by atoms with Crippen molar-refractivity contribution < 1.29 is 17.9 Å². The molecule has 1 aromatic carbocycles. The number of ether oxygens (including phenoxy) is 1. The summed E-state index contributed by atoms with van der Waals surface area (Å²) in [6.07, 6.45) is 8.46. The molecule has 0 aliphatic heterocycles. The molecule has 0 spiro atoms. The van der Waals surface area contributed by atoms with Crippen LogP contribution in [0.25, 0.3) is 0 Å². The number of amides is 1. The lowest BCUT2D eigenvalue weighted by Crippen LogP contribution is -2.37. The topological polar surface area (TPSA) is 98.2 Å². The molecule has 31 heavy (non-hydrogen) atoms. The third kappa shape index (κ3) is 6.62. The number of rotatable bonds is 8. The van der Waals surface area contributed by atoms with Gasteiger partial charge in [0.15, 0.2) is 9.84 Å². The summed E-state index contributed by atoms with van der Waals surface area (Å²) in [5.74, 6) is 1.31. The number of hydrogen-bond acceptors (Lipinski definition) is 6. The van der Waals surface area contributed by atoms with Gasteiger partial charge >= 0.3 is 0 Å². The minimum absolute atomic E-state index is 0.0147. The van der Waals surface area contributed by atoms with Gasteiger partial charge in [-0.25, -0.2) is 13.4 Å². The van der Waals surface area contributed by atoms with Crippen LogP contribution < -0.4 is 10.1 Å². The van der Waals surface area contributed by atoms with Gasteiger partial charge in [0.2, 0.25) is 5.88 Å². The molecule has 166 valence electrons. The maximum atomic E-state index is 13.1. The number of hydrogen-bond donors (Lipinski definition) is 1. The molecule has 1 atom stereocenters. The van der Waals surface area contributed by atoms with Gasteiger partial charge in [-0.15, -0.1) is 0 Å². The maximum absolute atomic E-state index is 13.1. The number of benzene rings is 1. The predicted octanol–water partition coefficient (Wildman–Crippen LogP) is 4.24. The third-order valence-corrected chi connectivity index (χ3v) is 5.90. The molecule has 1 aromatic heterocycles.